The molecule has 35 heavy (non-hydrogen) atoms. The standard InChI is InChI=1S/C24H14F4N6O/c25-15-3-5-16(6-4-15)33-23(35)18-10-14(11-31-21(18)24(26,27)28)17-2-1-9-34-20(17)13-32-22(34)19-12-29-7-8-30-19/h1-13H,(H,33,35). The molecular weight excluding hydrogens is 464 g/mol. The second kappa shape index (κ2) is 8.60. The molecule has 0 atom stereocenters. The Morgan fingerprint density at radius 2 is 1.74 bits per heavy atom. The van der Waals surface area contributed by atoms with Crippen LogP contribution >= 0.6 is 0 Å². The highest BCUT2D eigenvalue weighted by molar-refractivity contribution is 6.06. The first-order valence-electron chi connectivity index (χ1n) is 10.2. The molecule has 0 bridgehead atoms. The number of pyridine rings is 2. The molecule has 174 valence electrons. The Kier molecular flexibility index (Phi) is 5.44. The summed E-state index contributed by atoms with van der Waals surface area (Å²) in [5.74, 6) is -1.08. The number of nitrogens with zero attached hydrogens (tertiary/aromatic N) is 5. The van der Waals surface area contributed by atoms with Crippen LogP contribution in [0.1, 0.15) is 16.1 Å². The highest BCUT2D eigenvalue weighted by Gasteiger charge is 2.37. The molecule has 0 fully saturated rings. The maximum absolute atomic E-state index is 13.7. The largest absolute Gasteiger partial charge is 0.434 e. The van der Waals surface area contributed by atoms with E-state index in [-0.39, 0.29) is 11.3 Å². The van der Waals surface area contributed by atoms with Gasteiger partial charge in [-0.3, -0.25) is 19.2 Å². The SMILES string of the molecule is O=C(Nc1ccc(F)cc1)c1cc(-c2cccn3c(-c4cnccn4)ncc23)cnc1C(F)(F)F. The van der Waals surface area contributed by atoms with Crippen LogP contribution in [0.5, 0.6) is 0 Å². The molecule has 1 N–H and O–H groups in total. The van der Waals surface area contributed by atoms with Crippen molar-refractivity contribution < 1.29 is 22.4 Å². The lowest BCUT2D eigenvalue weighted by Gasteiger charge is -2.14. The fourth-order valence-corrected chi connectivity index (χ4v) is 3.61. The van der Waals surface area contributed by atoms with Crippen molar-refractivity contribution in [1.29, 1.82) is 0 Å². The van der Waals surface area contributed by atoms with Crippen LogP contribution in [0.4, 0.5) is 23.2 Å². The van der Waals surface area contributed by atoms with Crippen LogP contribution in [0.15, 0.2) is 79.6 Å². The van der Waals surface area contributed by atoms with Gasteiger partial charge in [-0.15, -0.1) is 0 Å². The molecule has 5 aromatic rings. The summed E-state index contributed by atoms with van der Waals surface area (Å²) in [6.45, 7) is 0. The number of fused-ring (bicyclic) bond motifs is 1. The van der Waals surface area contributed by atoms with Crippen LogP contribution in [0.25, 0.3) is 28.2 Å². The Hall–Kier alpha value is -4.67. The highest BCUT2D eigenvalue weighted by Crippen LogP contribution is 2.34. The number of hydrogen-bond acceptors (Lipinski definition) is 5. The van der Waals surface area contributed by atoms with E-state index in [4.69, 9.17) is 0 Å². The van der Waals surface area contributed by atoms with Gasteiger partial charge in [0.2, 0.25) is 0 Å². The number of aromatic nitrogens is 5. The molecular formula is C24H14F4N6O. The second-order valence-corrected chi connectivity index (χ2v) is 7.43. The third kappa shape index (κ3) is 4.31. The van der Waals surface area contributed by atoms with Crippen molar-refractivity contribution in [3.63, 3.8) is 0 Å². The maximum Gasteiger partial charge on any atom is 0.434 e. The third-order valence-electron chi connectivity index (χ3n) is 5.18. The summed E-state index contributed by atoms with van der Waals surface area (Å²) in [6, 6.07) is 9.17. The minimum absolute atomic E-state index is 0.140. The summed E-state index contributed by atoms with van der Waals surface area (Å²) in [5.41, 5.74) is -0.00203. The van der Waals surface area contributed by atoms with Gasteiger partial charge in [-0.05, 0) is 36.4 Å². The molecule has 11 heteroatoms. The van der Waals surface area contributed by atoms with Gasteiger partial charge in [-0.2, -0.15) is 13.2 Å². The number of benzene rings is 1. The van der Waals surface area contributed by atoms with E-state index in [0.717, 1.165) is 24.4 Å². The zero-order chi connectivity index (χ0) is 24.6. The second-order valence-electron chi connectivity index (χ2n) is 7.43. The third-order valence-corrected chi connectivity index (χ3v) is 5.18. The van der Waals surface area contributed by atoms with Crippen molar-refractivity contribution in [1.82, 2.24) is 24.3 Å². The first-order valence-corrected chi connectivity index (χ1v) is 10.2. The fourth-order valence-electron chi connectivity index (χ4n) is 3.61. The van der Waals surface area contributed by atoms with Gasteiger partial charge in [-0.25, -0.2) is 14.4 Å². The van der Waals surface area contributed by atoms with Gasteiger partial charge < -0.3 is 5.32 Å². The Morgan fingerprint density at radius 1 is 0.943 bits per heavy atom. The molecule has 4 aromatic heterocycles. The predicted octanol–water partition coefficient (Wildman–Crippen LogP) is 5.26. The summed E-state index contributed by atoms with van der Waals surface area (Å²) in [6.07, 6.45) is 4.06. The van der Waals surface area contributed by atoms with Crippen LogP contribution in [0.2, 0.25) is 0 Å². The van der Waals surface area contributed by atoms with Gasteiger partial charge >= 0.3 is 6.18 Å². The number of alkyl halides is 3. The Balaban J connectivity index is 1.60. The van der Waals surface area contributed by atoms with Crippen molar-refractivity contribution in [2.24, 2.45) is 0 Å². The molecule has 0 aliphatic heterocycles. The number of hydrogen-bond donors (Lipinski definition) is 1. The molecule has 0 unspecified atom stereocenters. The summed E-state index contributed by atoms with van der Waals surface area (Å²) in [7, 11) is 0. The van der Waals surface area contributed by atoms with Crippen LogP contribution in [-0.4, -0.2) is 30.2 Å². The number of carbonyl (C=O) groups is 1. The van der Waals surface area contributed by atoms with E-state index >= 15 is 0 Å². The fraction of sp³-hybridized carbons (Fsp3) is 0.0417. The van der Waals surface area contributed by atoms with E-state index in [1.54, 1.807) is 35.1 Å². The van der Waals surface area contributed by atoms with E-state index in [9.17, 15) is 22.4 Å². The van der Waals surface area contributed by atoms with Crippen molar-refractivity contribution in [2.45, 2.75) is 6.18 Å². The monoisotopic (exact) mass is 478 g/mol. The Morgan fingerprint density at radius 3 is 2.46 bits per heavy atom. The summed E-state index contributed by atoms with van der Waals surface area (Å²) < 4.78 is 55.9. The lowest BCUT2D eigenvalue weighted by molar-refractivity contribution is -0.141. The van der Waals surface area contributed by atoms with Gasteiger partial charge in [0.15, 0.2) is 11.5 Å². The van der Waals surface area contributed by atoms with Crippen molar-refractivity contribution in [3.8, 4) is 22.6 Å². The summed E-state index contributed by atoms with van der Waals surface area (Å²) in [4.78, 5) is 29.1. The first kappa shape index (κ1) is 22.1. The number of amides is 1. The van der Waals surface area contributed by atoms with Gasteiger partial charge in [0, 0.05) is 41.6 Å². The topological polar surface area (TPSA) is 85.1 Å². The van der Waals surface area contributed by atoms with E-state index in [2.05, 4.69) is 25.3 Å². The molecule has 0 spiro atoms. The lowest BCUT2D eigenvalue weighted by atomic mass is 10.0. The molecule has 0 saturated carbocycles. The quantitative estimate of drug-likeness (QED) is 0.356. The van der Waals surface area contributed by atoms with Gasteiger partial charge in [0.1, 0.15) is 11.5 Å². The van der Waals surface area contributed by atoms with Crippen molar-refractivity contribution >= 4 is 17.1 Å². The zero-order valence-corrected chi connectivity index (χ0v) is 17.7. The summed E-state index contributed by atoms with van der Waals surface area (Å²) in [5, 5.41) is 2.36. The van der Waals surface area contributed by atoms with E-state index in [1.807, 2.05) is 0 Å². The molecule has 1 amide bonds. The zero-order valence-electron chi connectivity index (χ0n) is 17.7. The van der Waals surface area contributed by atoms with Gasteiger partial charge in [0.25, 0.3) is 5.91 Å². The van der Waals surface area contributed by atoms with Crippen LogP contribution in [0.3, 0.4) is 0 Å². The molecule has 0 aliphatic carbocycles. The van der Waals surface area contributed by atoms with E-state index in [1.165, 1.54) is 24.5 Å². The number of imidazole rings is 1. The number of nitrogens with one attached hydrogen (secondary N) is 1. The normalized spacial score (nSPS) is 11.5. The Labute approximate surface area is 195 Å². The predicted molar refractivity (Wildman–Crippen MR) is 119 cm³/mol. The molecule has 0 radical (unpaired) electrons. The molecule has 5 rings (SSSR count). The summed E-state index contributed by atoms with van der Waals surface area (Å²) >= 11 is 0. The minimum atomic E-state index is -4.87. The van der Waals surface area contributed by atoms with Gasteiger partial charge in [0.05, 0.1) is 23.5 Å². The average molecular weight is 478 g/mol. The van der Waals surface area contributed by atoms with Crippen LogP contribution in [-0.2, 0) is 6.18 Å². The lowest BCUT2D eigenvalue weighted by Crippen LogP contribution is -2.20. The number of rotatable bonds is 4. The highest BCUT2D eigenvalue weighted by atomic mass is 19.4. The number of anilines is 1. The van der Waals surface area contributed by atoms with Crippen LogP contribution in [0, 0.1) is 5.82 Å². The first-order chi connectivity index (χ1) is 16.8. The minimum Gasteiger partial charge on any atom is -0.322 e. The number of carbonyl (C=O) groups excluding carboxylic acids is 1. The maximum atomic E-state index is 13.7. The molecule has 7 nitrogen and oxygen atoms in total. The molecule has 4 heterocycles. The van der Waals surface area contributed by atoms with E-state index in [0.29, 0.717) is 22.6 Å². The van der Waals surface area contributed by atoms with E-state index < -0.39 is 29.2 Å². The molecule has 1 aromatic carbocycles. The van der Waals surface area contributed by atoms with Gasteiger partial charge in [-0.1, -0.05) is 6.07 Å². The van der Waals surface area contributed by atoms with Crippen LogP contribution < -0.4 is 5.32 Å². The smallest absolute Gasteiger partial charge is 0.322 e. The average Bonchev–Trinajstić information content (AvgIpc) is 3.29. The van der Waals surface area contributed by atoms with Crippen molar-refractivity contribution in [3.05, 3.63) is 96.7 Å². The Bertz CT molecular complexity index is 1530. The molecule has 0 aliphatic rings. The number of halogens is 4. The molecule has 0 saturated heterocycles. The van der Waals surface area contributed by atoms with Crippen molar-refractivity contribution in [2.75, 3.05) is 5.32 Å².